The third kappa shape index (κ3) is 2.14. The van der Waals surface area contributed by atoms with E-state index in [1.807, 2.05) is 18.2 Å². The van der Waals surface area contributed by atoms with Gasteiger partial charge in [0.05, 0.1) is 10.8 Å². The fourth-order valence-corrected chi connectivity index (χ4v) is 4.65. The maximum absolute atomic E-state index is 11.9. The summed E-state index contributed by atoms with van der Waals surface area (Å²) in [5.41, 5.74) is 1.13. The molecule has 16 heavy (non-hydrogen) atoms. The van der Waals surface area contributed by atoms with E-state index < -0.39 is 18.3 Å². The second kappa shape index (κ2) is 4.29. The van der Waals surface area contributed by atoms with Gasteiger partial charge in [-0.3, -0.25) is 4.21 Å². The van der Waals surface area contributed by atoms with Crippen molar-refractivity contribution in [2.75, 3.05) is 5.75 Å². The lowest BCUT2D eigenvalue weighted by Gasteiger charge is -2.31. The molecule has 0 saturated carbocycles. The van der Waals surface area contributed by atoms with Crippen LogP contribution in [0.25, 0.3) is 0 Å². The van der Waals surface area contributed by atoms with Crippen molar-refractivity contribution in [3.05, 3.63) is 23.8 Å². The smallest absolute Gasteiger partial charge is 0.254 e. The summed E-state index contributed by atoms with van der Waals surface area (Å²) < 4.78 is 23.3. The molecule has 0 radical (unpaired) electrons. The Morgan fingerprint density at radius 3 is 2.75 bits per heavy atom. The molecule has 0 aliphatic carbocycles. The Balaban J connectivity index is 2.62. The van der Waals surface area contributed by atoms with Crippen molar-refractivity contribution in [2.24, 2.45) is 0 Å². The number of fused-ring (bicyclic) bond motifs is 1. The Bertz CT molecular complexity index is 483. The van der Waals surface area contributed by atoms with E-state index in [2.05, 4.69) is 22.8 Å². The highest BCUT2D eigenvalue weighted by Crippen LogP contribution is 2.38. The Hall–Kier alpha value is -0.100. The highest BCUT2D eigenvalue weighted by atomic mass is 32.2. The van der Waals surface area contributed by atoms with Gasteiger partial charge in [0.15, 0.2) is 5.30 Å². The molecule has 1 aromatic rings. The van der Waals surface area contributed by atoms with Crippen LogP contribution in [0.3, 0.4) is 0 Å². The molecule has 1 aliphatic heterocycles. The van der Waals surface area contributed by atoms with Crippen molar-refractivity contribution in [2.45, 2.75) is 30.6 Å². The predicted molar refractivity (Wildman–Crippen MR) is 72.3 cm³/mol. The van der Waals surface area contributed by atoms with Crippen molar-refractivity contribution in [3.63, 3.8) is 0 Å². The summed E-state index contributed by atoms with van der Waals surface area (Å²) in [5, 5.41) is 0.825. The predicted octanol–water partition coefficient (Wildman–Crippen LogP) is 2.72. The maximum atomic E-state index is 11.9. The van der Waals surface area contributed by atoms with Crippen molar-refractivity contribution in [1.82, 2.24) is 0 Å². The zero-order valence-electron chi connectivity index (χ0n) is 9.40. The molecule has 0 N–H and O–H groups in total. The summed E-state index contributed by atoms with van der Waals surface area (Å²) in [6.07, 6.45) is 0.920. The van der Waals surface area contributed by atoms with E-state index in [1.165, 1.54) is 0 Å². The van der Waals surface area contributed by atoms with Crippen LogP contribution in [0.4, 0.5) is 0 Å². The van der Waals surface area contributed by atoms with Gasteiger partial charge in [-0.1, -0.05) is 18.4 Å². The van der Waals surface area contributed by atoms with E-state index in [1.54, 1.807) is 0 Å². The monoisotopic (exact) mass is 273 g/mol. The molecule has 86 valence electrons. The Morgan fingerprint density at radius 2 is 2.12 bits per heavy atom. The van der Waals surface area contributed by atoms with E-state index in [9.17, 15) is 8.77 Å². The molecule has 0 fully saturated rings. The van der Waals surface area contributed by atoms with Crippen molar-refractivity contribution >= 4 is 32.5 Å². The van der Waals surface area contributed by atoms with Crippen LogP contribution in [-0.4, -0.2) is 9.96 Å². The van der Waals surface area contributed by atoms with Crippen LogP contribution in [0, 0.1) is 0 Å². The van der Waals surface area contributed by atoms with Crippen LogP contribution in [0.5, 0.6) is 0 Å². The molecule has 3 unspecified atom stereocenters. The normalized spacial score (nSPS) is 23.7. The lowest BCUT2D eigenvalue weighted by molar-refractivity contribution is 0.487. The van der Waals surface area contributed by atoms with E-state index in [0.29, 0.717) is 0 Å². The SMILES string of the molecule is CC1(C)CCS(=O)c2ccc([P+](=O)P)cc21. The lowest BCUT2D eigenvalue weighted by Crippen LogP contribution is -2.28. The van der Waals surface area contributed by atoms with Gasteiger partial charge in [0.1, 0.15) is 8.93 Å². The summed E-state index contributed by atoms with van der Waals surface area (Å²) in [7, 11) is 0.0437. The van der Waals surface area contributed by atoms with Crippen molar-refractivity contribution < 1.29 is 8.77 Å². The third-order valence-electron chi connectivity index (χ3n) is 3.10. The maximum Gasteiger partial charge on any atom is 0.386 e. The van der Waals surface area contributed by atoms with Gasteiger partial charge in [-0.25, -0.2) is 0 Å². The molecule has 1 aromatic carbocycles. The summed E-state index contributed by atoms with van der Waals surface area (Å²) in [6, 6.07) is 5.65. The first-order chi connectivity index (χ1) is 7.42. The Kier molecular flexibility index (Phi) is 3.32. The van der Waals surface area contributed by atoms with Crippen LogP contribution in [0.15, 0.2) is 23.1 Å². The minimum Gasteiger partial charge on any atom is -0.254 e. The number of benzene rings is 1. The zero-order valence-corrected chi connectivity index (χ0v) is 12.3. The molecular formula is C11H15O2P2S+. The highest BCUT2D eigenvalue weighted by Gasteiger charge is 2.32. The summed E-state index contributed by atoms with van der Waals surface area (Å²) >= 11 is 0. The molecule has 1 aliphatic rings. The van der Waals surface area contributed by atoms with Crippen LogP contribution in [0.1, 0.15) is 25.8 Å². The standard InChI is InChI=1S/C11H15O2P2S/c1-11(2)5-6-16(13)10-4-3-8(15(12)14)7-9(10)11/h3-4,7H,5-6,14H2,1-2H3/q+1. The first-order valence-corrected chi connectivity index (χ1v) is 9.36. The first kappa shape index (κ1) is 12.4. The van der Waals surface area contributed by atoms with E-state index in [0.717, 1.165) is 27.9 Å². The Morgan fingerprint density at radius 1 is 1.44 bits per heavy atom. The van der Waals surface area contributed by atoms with Gasteiger partial charge >= 0.3 is 7.49 Å². The molecule has 5 heteroatoms. The molecule has 0 spiro atoms. The molecular weight excluding hydrogens is 258 g/mol. The van der Waals surface area contributed by atoms with E-state index in [-0.39, 0.29) is 5.41 Å². The average Bonchev–Trinajstić information content (AvgIpc) is 2.23. The highest BCUT2D eigenvalue weighted by molar-refractivity contribution is 8.10. The fourth-order valence-electron chi connectivity index (χ4n) is 1.97. The molecule has 0 bridgehead atoms. The summed E-state index contributed by atoms with van der Waals surface area (Å²) in [6.45, 7) is 4.31. The van der Waals surface area contributed by atoms with Crippen LogP contribution in [0.2, 0.25) is 0 Å². The molecule has 3 atom stereocenters. The number of hydrogen-bond acceptors (Lipinski definition) is 2. The average molecular weight is 273 g/mol. The first-order valence-electron chi connectivity index (χ1n) is 5.17. The molecule has 0 aromatic heterocycles. The van der Waals surface area contributed by atoms with Gasteiger partial charge in [0.2, 0.25) is 0 Å². The molecule has 2 nitrogen and oxygen atoms in total. The molecule has 1 heterocycles. The van der Waals surface area contributed by atoms with E-state index >= 15 is 0 Å². The second-order valence-electron chi connectivity index (χ2n) is 4.69. The summed E-state index contributed by atoms with van der Waals surface area (Å²) in [5.74, 6) is 0.729. The van der Waals surface area contributed by atoms with Crippen molar-refractivity contribution in [3.8, 4) is 0 Å². The van der Waals surface area contributed by atoms with Crippen LogP contribution >= 0.6 is 16.4 Å². The number of rotatable bonds is 1. The van der Waals surface area contributed by atoms with Gasteiger partial charge < -0.3 is 0 Å². The van der Waals surface area contributed by atoms with Gasteiger partial charge in [-0.2, -0.15) is 0 Å². The Labute approximate surface area is 102 Å². The zero-order chi connectivity index (χ0) is 11.9. The summed E-state index contributed by atoms with van der Waals surface area (Å²) in [4.78, 5) is 0.918. The minimum absolute atomic E-state index is 0.0370. The van der Waals surface area contributed by atoms with Gasteiger partial charge in [0, 0.05) is 10.6 Å². The van der Waals surface area contributed by atoms with Crippen molar-refractivity contribution in [1.29, 1.82) is 0 Å². The lowest BCUT2D eigenvalue weighted by atomic mass is 9.82. The second-order valence-corrected chi connectivity index (χ2v) is 8.80. The quantitative estimate of drug-likeness (QED) is 0.737. The van der Waals surface area contributed by atoms with Gasteiger partial charge in [-0.15, -0.1) is 0 Å². The third-order valence-corrected chi connectivity index (χ3v) is 6.21. The molecule has 0 amide bonds. The molecule has 0 saturated heterocycles. The van der Waals surface area contributed by atoms with Gasteiger partial charge in [0.25, 0.3) is 0 Å². The minimum atomic E-state index is -1.40. The fraction of sp³-hybridized carbons (Fsp3) is 0.455. The van der Waals surface area contributed by atoms with Gasteiger partial charge in [-0.05, 0) is 35.6 Å². The topological polar surface area (TPSA) is 34.1 Å². The van der Waals surface area contributed by atoms with Crippen LogP contribution in [-0.2, 0) is 20.8 Å². The largest absolute Gasteiger partial charge is 0.386 e. The van der Waals surface area contributed by atoms with E-state index in [4.69, 9.17) is 0 Å². The van der Waals surface area contributed by atoms with Crippen LogP contribution < -0.4 is 5.30 Å². The number of hydrogen-bond donors (Lipinski definition) is 0. The molecule has 2 rings (SSSR count).